The van der Waals surface area contributed by atoms with E-state index in [-0.39, 0.29) is 63.0 Å². The highest BCUT2D eigenvalue weighted by atomic mass is 32.2. The molecule has 224 valence electrons. The van der Waals surface area contributed by atoms with Crippen LogP contribution in [-0.2, 0) is 19.9 Å². The minimum Gasteiger partial charge on any atom is -0.291 e. The van der Waals surface area contributed by atoms with Crippen LogP contribution in [0.2, 0.25) is 0 Å². The second-order valence-electron chi connectivity index (χ2n) is 12.2. The molecule has 2 aliphatic rings. The SMILES string of the molecule is C.CC1CC(C)CC(S(=O)(=O)c2ccc3c(NO)c4ccc(S(=O)(=O)N5CC(C)CC(C)C5)cc4c(N=O)c3c2)C1. The number of fused-ring (bicyclic) bond motifs is 2. The molecule has 9 nitrogen and oxygen atoms in total. The number of piperidine rings is 1. The van der Waals surface area contributed by atoms with Gasteiger partial charge in [0.2, 0.25) is 10.0 Å². The number of hydrogen-bond donors (Lipinski definition) is 2. The van der Waals surface area contributed by atoms with E-state index in [0.29, 0.717) is 36.7 Å². The smallest absolute Gasteiger partial charge is 0.243 e. The topological polar surface area (TPSA) is 133 Å². The van der Waals surface area contributed by atoms with Crippen LogP contribution in [0.4, 0.5) is 11.4 Å². The van der Waals surface area contributed by atoms with Gasteiger partial charge in [-0.25, -0.2) is 16.8 Å². The number of benzene rings is 3. The van der Waals surface area contributed by atoms with Crippen LogP contribution >= 0.6 is 0 Å². The number of nitroso groups, excluding NO2 is 1. The molecule has 1 aliphatic carbocycles. The Morgan fingerprint density at radius 2 is 1.24 bits per heavy atom. The zero-order valence-corrected chi connectivity index (χ0v) is 24.9. The molecule has 5 rings (SSSR count). The van der Waals surface area contributed by atoms with Crippen LogP contribution in [0.15, 0.2) is 51.4 Å². The van der Waals surface area contributed by atoms with Crippen LogP contribution in [0.5, 0.6) is 0 Å². The fraction of sp³-hybridized carbons (Fsp3) is 0.533. The summed E-state index contributed by atoms with van der Waals surface area (Å²) in [4.78, 5) is 12.4. The van der Waals surface area contributed by atoms with Gasteiger partial charge in [-0.15, -0.1) is 4.91 Å². The standard InChI is InChI=1S/C29H37N3O6S2.CH4/c1-17-9-18(2)12-23(11-17)39(35,36)21-5-7-24-26(13-21)29(31-34)27-14-22(6-8-25(27)28(24)30-33)40(37,38)32-15-19(3)10-20(4)16-32;/h5-8,13-14,17-20,23,30,33H,9-12,15-16H2,1-4H3;1H4. The maximum absolute atomic E-state index is 13.7. The van der Waals surface area contributed by atoms with E-state index in [1.165, 1.54) is 28.6 Å². The van der Waals surface area contributed by atoms with Gasteiger partial charge in [-0.05, 0) is 78.8 Å². The Balaban J connectivity index is 0.00000387. The fourth-order valence-corrected chi connectivity index (χ4v) is 10.8. The molecular weight excluding hydrogens is 562 g/mol. The third-order valence-corrected chi connectivity index (χ3v) is 12.6. The highest BCUT2D eigenvalue weighted by Crippen LogP contribution is 2.44. The highest BCUT2D eigenvalue weighted by molar-refractivity contribution is 7.92. The first kappa shape index (κ1) is 31.3. The molecule has 11 heteroatoms. The maximum Gasteiger partial charge on any atom is 0.243 e. The van der Waals surface area contributed by atoms with Crippen LogP contribution in [0, 0.1) is 28.6 Å². The predicted octanol–water partition coefficient (Wildman–Crippen LogP) is 7.09. The molecule has 2 N–H and O–H groups in total. The van der Waals surface area contributed by atoms with Gasteiger partial charge >= 0.3 is 0 Å². The van der Waals surface area contributed by atoms with E-state index in [1.807, 2.05) is 13.8 Å². The number of nitrogens with one attached hydrogen (secondary N) is 1. The van der Waals surface area contributed by atoms with Gasteiger partial charge in [0, 0.05) is 34.6 Å². The lowest BCUT2D eigenvalue weighted by Gasteiger charge is -2.34. The average molecular weight is 604 g/mol. The highest BCUT2D eigenvalue weighted by Gasteiger charge is 2.35. The molecule has 0 spiro atoms. The second-order valence-corrected chi connectivity index (χ2v) is 16.4. The Morgan fingerprint density at radius 3 is 1.76 bits per heavy atom. The van der Waals surface area contributed by atoms with Gasteiger partial charge in [0.15, 0.2) is 9.84 Å². The van der Waals surface area contributed by atoms with E-state index in [1.54, 1.807) is 12.1 Å². The Labute approximate surface area is 243 Å². The lowest BCUT2D eigenvalue weighted by molar-refractivity contribution is 0.222. The predicted molar refractivity (Wildman–Crippen MR) is 164 cm³/mol. The average Bonchev–Trinajstić information content (AvgIpc) is 2.89. The molecule has 41 heavy (non-hydrogen) atoms. The second kappa shape index (κ2) is 11.6. The van der Waals surface area contributed by atoms with Crippen LogP contribution < -0.4 is 5.48 Å². The number of hydrogen-bond acceptors (Lipinski definition) is 8. The minimum absolute atomic E-state index is 0. The number of sulfonamides is 1. The number of sulfone groups is 1. The van der Waals surface area contributed by atoms with Gasteiger partial charge in [0.1, 0.15) is 5.69 Å². The number of anilines is 1. The van der Waals surface area contributed by atoms with Crippen LogP contribution in [0.3, 0.4) is 0 Å². The Bertz CT molecular complexity index is 1550. The molecule has 0 bridgehead atoms. The van der Waals surface area contributed by atoms with Crippen molar-refractivity contribution in [3.05, 3.63) is 41.3 Å². The summed E-state index contributed by atoms with van der Waals surface area (Å²) in [5, 5.41) is 14.1. The lowest BCUT2D eigenvalue weighted by atomic mass is 9.83. The normalized spacial score (nSPS) is 26.0. The van der Waals surface area contributed by atoms with Gasteiger partial charge in [0.05, 0.1) is 20.7 Å². The Morgan fingerprint density at radius 1 is 0.756 bits per heavy atom. The summed E-state index contributed by atoms with van der Waals surface area (Å²) in [7, 11) is -7.57. The summed E-state index contributed by atoms with van der Waals surface area (Å²) in [6, 6.07) is 8.90. The molecule has 3 aromatic carbocycles. The van der Waals surface area contributed by atoms with E-state index in [0.717, 1.165) is 12.8 Å². The van der Waals surface area contributed by atoms with E-state index >= 15 is 0 Å². The van der Waals surface area contributed by atoms with Crippen molar-refractivity contribution >= 4 is 52.8 Å². The molecular formula is C30H41N3O6S2. The molecule has 1 aliphatic heterocycles. The number of rotatable bonds is 6. The van der Waals surface area contributed by atoms with Crippen molar-refractivity contribution in [2.45, 2.75) is 75.8 Å². The van der Waals surface area contributed by atoms with Crippen molar-refractivity contribution in [2.75, 3.05) is 18.6 Å². The van der Waals surface area contributed by atoms with Gasteiger partial charge in [-0.3, -0.25) is 10.7 Å². The summed E-state index contributed by atoms with van der Waals surface area (Å²) >= 11 is 0. The first-order valence-corrected chi connectivity index (χ1v) is 16.9. The summed E-state index contributed by atoms with van der Waals surface area (Å²) in [6.07, 6.45) is 3.07. The van der Waals surface area contributed by atoms with Gasteiger partial charge in [-0.2, -0.15) is 4.31 Å². The largest absolute Gasteiger partial charge is 0.291 e. The van der Waals surface area contributed by atoms with Crippen molar-refractivity contribution in [3.63, 3.8) is 0 Å². The Hall–Kier alpha value is -2.60. The molecule has 0 amide bonds. The molecule has 1 heterocycles. The molecule has 1 saturated carbocycles. The van der Waals surface area contributed by atoms with Crippen molar-refractivity contribution in [2.24, 2.45) is 28.8 Å². The first-order valence-electron chi connectivity index (χ1n) is 13.9. The Kier molecular flexibility index (Phi) is 8.86. The summed E-state index contributed by atoms with van der Waals surface area (Å²) in [5.41, 5.74) is 2.35. The monoisotopic (exact) mass is 603 g/mol. The van der Waals surface area contributed by atoms with E-state index in [2.05, 4.69) is 24.5 Å². The molecule has 4 unspecified atom stereocenters. The lowest BCUT2D eigenvalue weighted by Crippen LogP contribution is -2.42. The first-order chi connectivity index (χ1) is 18.9. The van der Waals surface area contributed by atoms with Gasteiger partial charge in [0.25, 0.3) is 0 Å². The van der Waals surface area contributed by atoms with E-state index in [4.69, 9.17) is 0 Å². The summed E-state index contributed by atoms with van der Waals surface area (Å²) in [5.74, 6) is 1.01. The quantitative estimate of drug-likeness (QED) is 0.174. The zero-order chi connectivity index (χ0) is 29.0. The maximum atomic E-state index is 13.7. The minimum atomic E-state index is -3.86. The van der Waals surface area contributed by atoms with Gasteiger partial charge in [-0.1, -0.05) is 47.3 Å². The van der Waals surface area contributed by atoms with E-state index in [9.17, 15) is 26.9 Å². The van der Waals surface area contributed by atoms with Crippen molar-refractivity contribution in [3.8, 4) is 0 Å². The molecule has 1 saturated heterocycles. The zero-order valence-electron chi connectivity index (χ0n) is 23.3. The molecule has 0 aromatic heterocycles. The van der Waals surface area contributed by atoms with Crippen molar-refractivity contribution < 1.29 is 22.0 Å². The third kappa shape index (κ3) is 5.61. The van der Waals surface area contributed by atoms with Crippen molar-refractivity contribution in [1.29, 1.82) is 0 Å². The van der Waals surface area contributed by atoms with Gasteiger partial charge < -0.3 is 0 Å². The van der Waals surface area contributed by atoms with E-state index < -0.39 is 25.1 Å². The van der Waals surface area contributed by atoms with Crippen LogP contribution in [-0.4, -0.2) is 44.7 Å². The third-order valence-electron chi connectivity index (χ3n) is 8.61. The molecule has 3 aromatic rings. The number of nitrogens with zero attached hydrogens (tertiary/aromatic N) is 2. The molecule has 0 radical (unpaired) electrons. The van der Waals surface area contributed by atoms with Crippen LogP contribution in [0.1, 0.15) is 60.8 Å². The van der Waals surface area contributed by atoms with Crippen LogP contribution in [0.25, 0.3) is 21.5 Å². The molecule has 4 atom stereocenters. The fourth-order valence-electron chi connectivity index (χ4n) is 6.99. The van der Waals surface area contributed by atoms with Crippen molar-refractivity contribution in [1.82, 2.24) is 4.31 Å². The summed E-state index contributed by atoms with van der Waals surface area (Å²) < 4.78 is 56.1. The molecule has 2 fully saturated rings. The summed E-state index contributed by atoms with van der Waals surface area (Å²) in [6.45, 7) is 9.00.